The number of hydrogen-bond acceptors (Lipinski definition) is 7. The van der Waals surface area contributed by atoms with E-state index in [0.717, 1.165) is 10.4 Å². The highest BCUT2D eigenvalue weighted by Crippen LogP contribution is 2.28. The number of aryl methyl sites for hydroxylation is 2. The monoisotopic (exact) mass is 448 g/mol. The minimum atomic E-state index is -4.39. The molecule has 12 heteroatoms. The van der Waals surface area contributed by atoms with Gasteiger partial charge in [0.1, 0.15) is 0 Å². The number of ether oxygens (including phenoxy) is 1. The van der Waals surface area contributed by atoms with Gasteiger partial charge in [-0.15, -0.1) is 11.3 Å². The van der Waals surface area contributed by atoms with E-state index in [9.17, 15) is 18.0 Å². The topological polar surface area (TPSA) is 94.8 Å². The molecule has 0 saturated heterocycles. The van der Waals surface area contributed by atoms with Crippen molar-refractivity contribution >= 4 is 28.3 Å². The van der Waals surface area contributed by atoms with E-state index < -0.39 is 18.7 Å². The number of carbonyl (C=O) groups excluding carboxylic acids is 1. The quantitative estimate of drug-likeness (QED) is 0.497. The number of nitrogens with zero attached hydrogens (tertiary/aromatic N) is 5. The third-order valence-corrected chi connectivity index (χ3v) is 5.20. The van der Waals surface area contributed by atoms with Crippen molar-refractivity contribution in [3.8, 4) is 16.6 Å². The summed E-state index contributed by atoms with van der Waals surface area (Å²) in [5, 5.41) is 2.84. The van der Waals surface area contributed by atoms with E-state index in [-0.39, 0.29) is 11.3 Å². The smallest absolute Gasteiger partial charge is 0.406 e. The summed E-state index contributed by atoms with van der Waals surface area (Å²) in [5.41, 5.74) is 3.97. The Morgan fingerprint density at radius 2 is 2.06 bits per heavy atom. The molecule has 4 aromatic heterocycles. The van der Waals surface area contributed by atoms with Crippen LogP contribution in [0.2, 0.25) is 0 Å². The molecule has 0 aliphatic carbocycles. The summed E-state index contributed by atoms with van der Waals surface area (Å²) in [5.74, 6) is 0.516. The van der Waals surface area contributed by atoms with Crippen LogP contribution in [0.4, 0.5) is 18.0 Å². The van der Waals surface area contributed by atoms with Gasteiger partial charge in [-0.3, -0.25) is 9.66 Å². The zero-order valence-corrected chi connectivity index (χ0v) is 17.1. The Labute approximate surface area is 177 Å². The van der Waals surface area contributed by atoms with Crippen LogP contribution in [-0.2, 0) is 6.42 Å². The number of pyridine rings is 1. The number of nitrogens with one attached hydrogen (secondary N) is 1. The summed E-state index contributed by atoms with van der Waals surface area (Å²) in [4.78, 5) is 29.1. The van der Waals surface area contributed by atoms with E-state index in [2.05, 4.69) is 25.4 Å². The van der Waals surface area contributed by atoms with Gasteiger partial charge >= 0.3 is 12.3 Å². The van der Waals surface area contributed by atoms with Crippen molar-refractivity contribution in [1.82, 2.24) is 24.6 Å². The highest BCUT2D eigenvalue weighted by atomic mass is 32.1. The first-order chi connectivity index (χ1) is 14.7. The number of thiazole rings is 1. The SMILES string of the molecule is Cc1csc(-c2ncc(OC(=O)Nn3cc(CC(F)(F)F)c4ccncc43)c(C)n2)n1. The molecule has 0 bridgehead atoms. The normalized spacial score (nSPS) is 11.6. The fraction of sp³-hybridized carbons (Fsp3) is 0.211. The van der Waals surface area contributed by atoms with Crippen molar-refractivity contribution in [2.24, 2.45) is 0 Å². The zero-order valence-electron chi connectivity index (χ0n) is 16.3. The summed E-state index contributed by atoms with van der Waals surface area (Å²) in [6, 6.07) is 1.46. The lowest BCUT2D eigenvalue weighted by molar-refractivity contribution is -0.127. The molecule has 4 aromatic rings. The third kappa shape index (κ3) is 4.63. The Morgan fingerprint density at radius 3 is 2.74 bits per heavy atom. The van der Waals surface area contributed by atoms with Crippen LogP contribution in [0, 0.1) is 13.8 Å². The summed E-state index contributed by atoms with van der Waals surface area (Å²) < 4.78 is 45.0. The van der Waals surface area contributed by atoms with Gasteiger partial charge in [0, 0.05) is 28.9 Å². The van der Waals surface area contributed by atoms with Crippen molar-refractivity contribution < 1.29 is 22.7 Å². The number of hydrogen-bond donors (Lipinski definition) is 1. The van der Waals surface area contributed by atoms with Gasteiger partial charge in [-0.25, -0.2) is 25.2 Å². The molecule has 0 unspecified atom stereocenters. The van der Waals surface area contributed by atoms with Crippen molar-refractivity contribution in [1.29, 1.82) is 0 Å². The molecule has 1 N–H and O–H groups in total. The molecule has 1 amide bonds. The fourth-order valence-electron chi connectivity index (χ4n) is 2.93. The molecule has 0 saturated carbocycles. The van der Waals surface area contributed by atoms with E-state index in [1.807, 2.05) is 12.3 Å². The van der Waals surface area contributed by atoms with Gasteiger partial charge in [0.05, 0.1) is 30.0 Å². The Kier molecular flexibility index (Phi) is 5.31. The minimum Gasteiger partial charge on any atom is -0.406 e. The minimum absolute atomic E-state index is 0.00723. The fourth-order valence-corrected chi connectivity index (χ4v) is 3.67. The van der Waals surface area contributed by atoms with E-state index >= 15 is 0 Å². The highest BCUT2D eigenvalue weighted by molar-refractivity contribution is 7.13. The van der Waals surface area contributed by atoms with E-state index in [0.29, 0.717) is 27.4 Å². The van der Waals surface area contributed by atoms with Crippen LogP contribution < -0.4 is 10.2 Å². The van der Waals surface area contributed by atoms with Gasteiger partial charge < -0.3 is 4.74 Å². The Bertz CT molecular complexity index is 1270. The van der Waals surface area contributed by atoms with Gasteiger partial charge in [0.25, 0.3) is 0 Å². The second kappa shape index (κ2) is 7.95. The van der Waals surface area contributed by atoms with Crippen LogP contribution in [0.5, 0.6) is 5.75 Å². The molecule has 160 valence electrons. The van der Waals surface area contributed by atoms with Crippen molar-refractivity contribution in [2.75, 3.05) is 5.43 Å². The molecule has 0 aliphatic heterocycles. The third-order valence-electron chi connectivity index (χ3n) is 4.24. The molecular formula is C19H15F3N6O2S. The molecule has 0 aromatic carbocycles. The number of halogens is 3. The Morgan fingerprint density at radius 1 is 1.26 bits per heavy atom. The van der Waals surface area contributed by atoms with Gasteiger partial charge in [0.2, 0.25) is 0 Å². The predicted molar refractivity (Wildman–Crippen MR) is 107 cm³/mol. The van der Waals surface area contributed by atoms with Crippen molar-refractivity contribution in [3.05, 3.63) is 53.2 Å². The maximum Gasteiger partial charge on any atom is 0.432 e. The lowest BCUT2D eigenvalue weighted by Gasteiger charge is -2.10. The average Bonchev–Trinajstić information content (AvgIpc) is 3.27. The van der Waals surface area contributed by atoms with Gasteiger partial charge in [-0.1, -0.05) is 0 Å². The second-order valence-electron chi connectivity index (χ2n) is 6.65. The van der Waals surface area contributed by atoms with Crippen LogP contribution in [-0.4, -0.2) is 36.9 Å². The Hall–Kier alpha value is -3.54. The number of amides is 1. The number of aromatic nitrogens is 5. The van der Waals surface area contributed by atoms with Crippen LogP contribution >= 0.6 is 11.3 Å². The lowest BCUT2D eigenvalue weighted by atomic mass is 10.1. The largest absolute Gasteiger partial charge is 0.432 e. The first kappa shape index (κ1) is 20.7. The molecule has 0 aliphatic rings. The first-order valence-electron chi connectivity index (χ1n) is 8.95. The molecule has 4 heterocycles. The van der Waals surface area contributed by atoms with Gasteiger partial charge in [-0.05, 0) is 25.5 Å². The predicted octanol–water partition coefficient (Wildman–Crippen LogP) is 4.41. The number of carbonyl (C=O) groups is 1. The van der Waals surface area contributed by atoms with E-state index in [4.69, 9.17) is 4.74 Å². The van der Waals surface area contributed by atoms with Crippen molar-refractivity contribution in [2.45, 2.75) is 26.4 Å². The second-order valence-corrected chi connectivity index (χ2v) is 7.51. The molecule has 0 spiro atoms. The van der Waals surface area contributed by atoms with Crippen LogP contribution in [0.1, 0.15) is 17.0 Å². The molecule has 0 radical (unpaired) electrons. The van der Waals surface area contributed by atoms with Crippen molar-refractivity contribution in [3.63, 3.8) is 0 Å². The maximum atomic E-state index is 12.9. The number of rotatable bonds is 4. The summed E-state index contributed by atoms with van der Waals surface area (Å²) in [6.07, 6.45) is -1.16. The molecule has 31 heavy (non-hydrogen) atoms. The zero-order chi connectivity index (χ0) is 22.2. The number of alkyl halides is 3. The number of fused-ring (bicyclic) bond motifs is 1. The standard InChI is InChI=1S/C19H15F3N6O2S/c1-10-9-31-17(25-10)16-24-7-15(11(2)26-16)30-18(29)27-28-8-12(5-19(20,21)22)13-3-4-23-6-14(13)28/h3-4,6-9H,5H2,1-2H3,(H,27,29). The maximum absolute atomic E-state index is 12.9. The van der Waals surface area contributed by atoms with Crippen LogP contribution in [0.25, 0.3) is 21.7 Å². The van der Waals surface area contributed by atoms with E-state index in [1.165, 1.54) is 42.2 Å². The summed E-state index contributed by atoms with van der Waals surface area (Å²) in [6.45, 7) is 3.50. The summed E-state index contributed by atoms with van der Waals surface area (Å²) >= 11 is 1.39. The first-order valence-corrected chi connectivity index (χ1v) is 9.83. The van der Waals surface area contributed by atoms with Crippen LogP contribution in [0.15, 0.2) is 36.2 Å². The summed E-state index contributed by atoms with van der Waals surface area (Å²) in [7, 11) is 0. The Balaban J connectivity index is 1.53. The van der Waals surface area contributed by atoms with Crippen LogP contribution in [0.3, 0.4) is 0 Å². The molecule has 0 fully saturated rings. The molecule has 4 rings (SSSR count). The molecule has 0 atom stereocenters. The average molecular weight is 448 g/mol. The molecular weight excluding hydrogens is 433 g/mol. The highest BCUT2D eigenvalue weighted by Gasteiger charge is 2.29. The van der Waals surface area contributed by atoms with E-state index in [1.54, 1.807) is 6.92 Å². The lowest BCUT2D eigenvalue weighted by Crippen LogP contribution is -2.25. The van der Waals surface area contributed by atoms with Gasteiger partial charge in [0.15, 0.2) is 16.6 Å². The molecule has 8 nitrogen and oxygen atoms in total. The van der Waals surface area contributed by atoms with Gasteiger partial charge in [-0.2, -0.15) is 13.2 Å².